The summed E-state index contributed by atoms with van der Waals surface area (Å²) in [5, 5.41) is 0. The zero-order valence-electron chi connectivity index (χ0n) is 19.3. The van der Waals surface area contributed by atoms with Crippen LogP contribution in [0.25, 0.3) is 11.1 Å². The van der Waals surface area contributed by atoms with Crippen molar-refractivity contribution in [3.63, 3.8) is 0 Å². The van der Waals surface area contributed by atoms with Crippen LogP contribution in [-0.4, -0.2) is 31.9 Å². The Morgan fingerprint density at radius 2 is 1.22 bits per heavy atom. The summed E-state index contributed by atoms with van der Waals surface area (Å²) in [6.07, 6.45) is 10.1. The number of rotatable bonds is 17. The van der Waals surface area contributed by atoms with Crippen LogP contribution in [0.4, 0.5) is 0 Å². The second-order valence-electron chi connectivity index (χ2n) is 8.16. The summed E-state index contributed by atoms with van der Waals surface area (Å²) < 4.78 is 42.6. The highest BCUT2D eigenvalue weighted by atomic mass is 32.2. The zero-order valence-corrected chi connectivity index (χ0v) is 20.1. The van der Waals surface area contributed by atoms with Gasteiger partial charge in [0, 0.05) is 0 Å². The molecule has 0 aliphatic heterocycles. The van der Waals surface area contributed by atoms with Gasteiger partial charge in [-0.3, -0.25) is 4.55 Å². The third-order valence-corrected chi connectivity index (χ3v) is 6.16. The highest BCUT2D eigenvalue weighted by Gasteiger charge is 2.13. The summed E-state index contributed by atoms with van der Waals surface area (Å²) in [5.41, 5.74) is 2.07. The summed E-state index contributed by atoms with van der Waals surface area (Å²) in [6, 6.07) is 16.2. The van der Waals surface area contributed by atoms with Crippen molar-refractivity contribution in [1.29, 1.82) is 0 Å². The number of hydrogen-bond acceptors (Lipinski definition) is 4. The Balaban J connectivity index is 1.89. The highest BCUT2D eigenvalue weighted by Crippen LogP contribution is 2.38. The van der Waals surface area contributed by atoms with Crippen molar-refractivity contribution < 1.29 is 22.4 Å². The Morgan fingerprint density at radius 1 is 0.688 bits per heavy atom. The number of benzene rings is 2. The lowest BCUT2D eigenvalue weighted by molar-refractivity contribution is 0.292. The van der Waals surface area contributed by atoms with Crippen molar-refractivity contribution in [2.45, 2.75) is 71.1 Å². The summed E-state index contributed by atoms with van der Waals surface area (Å²) >= 11 is 0. The maximum atomic E-state index is 10.7. The molecular weight excluding hydrogens is 424 g/mol. The van der Waals surface area contributed by atoms with Gasteiger partial charge in [-0.2, -0.15) is 8.42 Å². The molecule has 5 nitrogen and oxygen atoms in total. The topological polar surface area (TPSA) is 72.8 Å². The molecule has 0 saturated carbocycles. The molecule has 0 amide bonds. The molecular formula is C26H38O5S. The number of hydrogen-bond donors (Lipinski definition) is 1. The summed E-state index contributed by atoms with van der Waals surface area (Å²) in [6.45, 7) is 3.52. The third-order valence-electron chi connectivity index (χ3n) is 5.36. The molecule has 0 fully saturated rings. The van der Waals surface area contributed by atoms with Crippen molar-refractivity contribution in [3.05, 3.63) is 48.5 Å². The van der Waals surface area contributed by atoms with E-state index < -0.39 is 10.1 Å². The lowest BCUT2D eigenvalue weighted by atomic mass is 10.0. The first-order valence-electron chi connectivity index (χ1n) is 11.9. The highest BCUT2D eigenvalue weighted by molar-refractivity contribution is 7.85. The van der Waals surface area contributed by atoms with Gasteiger partial charge in [-0.1, -0.05) is 88.3 Å². The predicted molar refractivity (Wildman–Crippen MR) is 131 cm³/mol. The maximum Gasteiger partial charge on any atom is 0.264 e. The van der Waals surface area contributed by atoms with Crippen molar-refractivity contribution in [2.24, 2.45) is 0 Å². The fourth-order valence-electron chi connectivity index (χ4n) is 3.63. The maximum absolute atomic E-state index is 10.7. The smallest absolute Gasteiger partial charge is 0.264 e. The quantitative estimate of drug-likeness (QED) is 0.204. The number of unbranched alkanes of at least 4 members (excludes halogenated alkanes) is 8. The van der Waals surface area contributed by atoms with Gasteiger partial charge in [-0.15, -0.1) is 0 Å². The van der Waals surface area contributed by atoms with Crippen molar-refractivity contribution in [3.8, 4) is 22.6 Å². The van der Waals surface area contributed by atoms with Crippen LogP contribution in [0.1, 0.15) is 71.1 Å². The van der Waals surface area contributed by atoms with Gasteiger partial charge in [-0.25, -0.2) is 0 Å². The third kappa shape index (κ3) is 10.5. The predicted octanol–water partition coefficient (Wildman–Crippen LogP) is 6.92. The minimum atomic E-state index is -3.84. The molecule has 0 radical (unpaired) electrons. The van der Waals surface area contributed by atoms with E-state index in [9.17, 15) is 8.42 Å². The first kappa shape index (κ1) is 26.2. The minimum Gasteiger partial charge on any atom is -0.493 e. The average molecular weight is 463 g/mol. The summed E-state index contributed by atoms with van der Waals surface area (Å²) in [5.74, 6) is 1.52. The van der Waals surface area contributed by atoms with Crippen molar-refractivity contribution in [2.75, 3.05) is 19.0 Å². The summed E-state index contributed by atoms with van der Waals surface area (Å²) in [7, 11) is -3.84. The van der Waals surface area contributed by atoms with E-state index in [2.05, 4.69) is 19.1 Å². The van der Waals surface area contributed by atoms with Gasteiger partial charge in [0.1, 0.15) is 11.5 Å². The van der Waals surface area contributed by atoms with Crippen LogP contribution in [-0.2, 0) is 10.1 Å². The fourth-order valence-corrected chi connectivity index (χ4v) is 4.20. The van der Waals surface area contributed by atoms with Gasteiger partial charge in [0.05, 0.1) is 24.5 Å². The van der Waals surface area contributed by atoms with E-state index in [0.717, 1.165) is 54.7 Å². The Hall–Kier alpha value is -2.05. The van der Waals surface area contributed by atoms with Gasteiger partial charge < -0.3 is 9.47 Å². The van der Waals surface area contributed by atoms with Crippen LogP contribution in [0.15, 0.2) is 48.5 Å². The molecule has 1 N–H and O–H groups in total. The van der Waals surface area contributed by atoms with Crippen LogP contribution in [0.5, 0.6) is 11.5 Å². The first-order valence-corrected chi connectivity index (χ1v) is 13.5. The van der Waals surface area contributed by atoms with E-state index >= 15 is 0 Å². The molecule has 0 heterocycles. The van der Waals surface area contributed by atoms with Gasteiger partial charge >= 0.3 is 0 Å². The Labute approximate surface area is 193 Å². The standard InChI is InChI=1S/C26H38O5S/c1-2-3-4-6-12-20-30-24-18-15-19-25(26(24)23-16-10-9-11-17-23)31-21-13-7-5-8-14-22-32(27,28)29/h9-11,15-19H,2-8,12-14,20-22H2,1H3,(H,27,28,29). The average Bonchev–Trinajstić information content (AvgIpc) is 2.78. The van der Waals surface area contributed by atoms with Crippen LogP contribution in [0.2, 0.25) is 0 Å². The molecule has 178 valence electrons. The molecule has 0 spiro atoms. The second-order valence-corrected chi connectivity index (χ2v) is 9.73. The van der Waals surface area contributed by atoms with E-state index in [1.54, 1.807) is 0 Å². The molecule has 2 rings (SSSR count). The zero-order chi connectivity index (χ0) is 23.1. The van der Waals surface area contributed by atoms with E-state index in [1.807, 2.05) is 36.4 Å². The Bertz CT molecular complexity index is 865. The Kier molecular flexibility index (Phi) is 12.2. The Morgan fingerprint density at radius 3 is 1.78 bits per heavy atom. The van der Waals surface area contributed by atoms with Gasteiger partial charge in [-0.05, 0) is 37.0 Å². The molecule has 0 unspecified atom stereocenters. The molecule has 0 bridgehead atoms. The molecule has 0 aromatic heterocycles. The molecule has 0 atom stereocenters. The van der Waals surface area contributed by atoms with E-state index in [1.165, 1.54) is 25.7 Å². The van der Waals surface area contributed by atoms with Gasteiger partial charge in [0.25, 0.3) is 10.1 Å². The van der Waals surface area contributed by atoms with Crippen LogP contribution in [0.3, 0.4) is 0 Å². The van der Waals surface area contributed by atoms with E-state index in [0.29, 0.717) is 19.6 Å². The molecule has 2 aromatic rings. The monoisotopic (exact) mass is 462 g/mol. The normalized spacial score (nSPS) is 11.4. The molecule has 32 heavy (non-hydrogen) atoms. The molecule has 0 aliphatic carbocycles. The van der Waals surface area contributed by atoms with E-state index in [4.69, 9.17) is 14.0 Å². The fraction of sp³-hybridized carbons (Fsp3) is 0.538. The van der Waals surface area contributed by atoms with E-state index in [-0.39, 0.29) is 5.75 Å². The van der Waals surface area contributed by atoms with Gasteiger partial charge in [0.15, 0.2) is 0 Å². The van der Waals surface area contributed by atoms with Crippen LogP contribution < -0.4 is 9.47 Å². The van der Waals surface area contributed by atoms with Gasteiger partial charge in [0.2, 0.25) is 0 Å². The SMILES string of the molecule is CCCCCCCOc1cccc(OCCCCCCCS(=O)(=O)O)c1-c1ccccc1. The van der Waals surface area contributed by atoms with Crippen molar-refractivity contribution in [1.82, 2.24) is 0 Å². The second kappa shape index (κ2) is 14.9. The molecule has 0 aliphatic rings. The molecule has 0 saturated heterocycles. The van der Waals surface area contributed by atoms with Crippen LogP contribution in [0, 0.1) is 0 Å². The molecule has 6 heteroatoms. The van der Waals surface area contributed by atoms with Crippen LogP contribution >= 0.6 is 0 Å². The largest absolute Gasteiger partial charge is 0.493 e. The molecule has 2 aromatic carbocycles. The lowest BCUT2D eigenvalue weighted by Gasteiger charge is -2.17. The summed E-state index contributed by atoms with van der Waals surface area (Å²) in [4.78, 5) is 0. The minimum absolute atomic E-state index is 0.157. The van der Waals surface area contributed by atoms with Crippen molar-refractivity contribution >= 4 is 10.1 Å². The first-order chi connectivity index (χ1) is 15.5. The number of ether oxygens (including phenoxy) is 2. The lowest BCUT2D eigenvalue weighted by Crippen LogP contribution is -2.04.